The summed E-state index contributed by atoms with van der Waals surface area (Å²) in [5, 5.41) is 0. The Morgan fingerprint density at radius 2 is 1.89 bits per heavy atom. The van der Waals surface area contributed by atoms with Crippen LogP contribution >= 0.6 is 0 Å². The molecule has 18 heavy (non-hydrogen) atoms. The number of ether oxygens (including phenoxy) is 2. The summed E-state index contributed by atoms with van der Waals surface area (Å²) in [4.78, 5) is 22.1. The Morgan fingerprint density at radius 3 is 2.39 bits per heavy atom. The van der Waals surface area contributed by atoms with E-state index in [-0.39, 0.29) is 6.42 Å². The fraction of sp³-hybridized carbons (Fsp3) is 0.385. The van der Waals surface area contributed by atoms with E-state index in [1.807, 2.05) is 24.3 Å². The van der Waals surface area contributed by atoms with E-state index < -0.39 is 18.0 Å². The third kappa shape index (κ3) is 4.45. The van der Waals surface area contributed by atoms with E-state index >= 15 is 0 Å². The van der Waals surface area contributed by atoms with Gasteiger partial charge in [-0.25, -0.2) is 0 Å². The number of methoxy groups -OCH3 is 1. The molecule has 1 amide bonds. The first-order chi connectivity index (χ1) is 8.52. The lowest BCUT2D eigenvalue weighted by Gasteiger charge is -2.09. The fourth-order valence-corrected chi connectivity index (χ4v) is 1.35. The van der Waals surface area contributed by atoms with Crippen molar-refractivity contribution in [3.05, 3.63) is 29.8 Å². The summed E-state index contributed by atoms with van der Waals surface area (Å²) in [5.74, 6) is -0.311. The van der Waals surface area contributed by atoms with Crippen molar-refractivity contribution in [3.8, 4) is 5.75 Å². The van der Waals surface area contributed by atoms with Crippen LogP contribution in [0.1, 0.15) is 18.9 Å². The number of primary amides is 1. The minimum Gasteiger partial charge on any atom is -0.497 e. The number of carbonyl (C=O) groups is 2. The molecule has 0 aliphatic carbocycles. The average molecular weight is 251 g/mol. The molecule has 0 radical (unpaired) electrons. The van der Waals surface area contributed by atoms with E-state index in [4.69, 9.17) is 15.2 Å². The van der Waals surface area contributed by atoms with Gasteiger partial charge in [-0.05, 0) is 31.0 Å². The second-order valence-electron chi connectivity index (χ2n) is 3.88. The number of hydrogen-bond donors (Lipinski definition) is 1. The maximum absolute atomic E-state index is 11.4. The molecule has 0 fully saturated rings. The molecule has 0 unspecified atom stereocenters. The predicted octanol–water partition coefficient (Wildman–Crippen LogP) is 1.04. The third-order valence-corrected chi connectivity index (χ3v) is 2.49. The largest absolute Gasteiger partial charge is 0.497 e. The summed E-state index contributed by atoms with van der Waals surface area (Å²) in [6.07, 6.45) is -0.119. The summed E-state index contributed by atoms with van der Waals surface area (Å²) in [6.45, 7) is 1.45. The van der Waals surface area contributed by atoms with E-state index in [9.17, 15) is 9.59 Å². The smallest absolute Gasteiger partial charge is 0.306 e. The zero-order valence-electron chi connectivity index (χ0n) is 10.5. The van der Waals surface area contributed by atoms with E-state index in [0.29, 0.717) is 6.42 Å². The normalized spacial score (nSPS) is 11.7. The molecule has 1 atom stereocenters. The van der Waals surface area contributed by atoms with Crippen LogP contribution in [0.5, 0.6) is 5.75 Å². The second-order valence-corrected chi connectivity index (χ2v) is 3.88. The monoisotopic (exact) mass is 251 g/mol. The van der Waals surface area contributed by atoms with Crippen LogP contribution in [-0.2, 0) is 20.7 Å². The number of benzene rings is 1. The van der Waals surface area contributed by atoms with Crippen molar-refractivity contribution < 1.29 is 19.1 Å². The molecule has 1 rings (SSSR count). The maximum atomic E-state index is 11.4. The molecular formula is C13H17NO4. The number of esters is 1. The van der Waals surface area contributed by atoms with Crippen molar-refractivity contribution in [3.63, 3.8) is 0 Å². The molecule has 0 aliphatic rings. The highest BCUT2D eigenvalue weighted by Gasteiger charge is 2.14. The Balaban J connectivity index is 2.40. The highest BCUT2D eigenvalue weighted by atomic mass is 16.5. The second kappa shape index (κ2) is 6.64. The van der Waals surface area contributed by atoms with Crippen molar-refractivity contribution in [2.75, 3.05) is 7.11 Å². The zero-order valence-corrected chi connectivity index (χ0v) is 10.5. The SMILES string of the molecule is COc1ccc(CCC(=O)O[C@@H](C)C(N)=O)cc1. The van der Waals surface area contributed by atoms with E-state index in [1.54, 1.807) is 7.11 Å². The summed E-state index contributed by atoms with van der Waals surface area (Å²) >= 11 is 0. The van der Waals surface area contributed by atoms with Crippen LogP contribution in [0.15, 0.2) is 24.3 Å². The topological polar surface area (TPSA) is 78.6 Å². The van der Waals surface area contributed by atoms with Gasteiger partial charge < -0.3 is 15.2 Å². The Kier molecular flexibility index (Phi) is 5.17. The Labute approximate surface area is 106 Å². The molecule has 0 bridgehead atoms. The number of carbonyl (C=O) groups excluding carboxylic acids is 2. The molecule has 0 aliphatic heterocycles. The molecular weight excluding hydrogens is 234 g/mol. The molecule has 0 spiro atoms. The van der Waals surface area contributed by atoms with Gasteiger partial charge in [-0.15, -0.1) is 0 Å². The number of aryl methyl sites for hydroxylation is 1. The van der Waals surface area contributed by atoms with Crippen LogP contribution < -0.4 is 10.5 Å². The van der Waals surface area contributed by atoms with E-state index in [0.717, 1.165) is 11.3 Å². The summed E-state index contributed by atoms with van der Waals surface area (Å²) in [6, 6.07) is 7.41. The predicted molar refractivity (Wildman–Crippen MR) is 66.1 cm³/mol. The van der Waals surface area contributed by atoms with Gasteiger partial charge in [-0.3, -0.25) is 9.59 Å². The summed E-state index contributed by atoms with van der Waals surface area (Å²) in [7, 11) is 1.59. The van der Waals surface area contributed by atoms with Gasteiger partial charge >= 0.3 is 5.97 Å². The molecule has 0 saturated carbocycles. The number of hydrogen-bond acceptors (Lipinski definition) is 4. The lowest BCUT2D eigenvalue weighted by molar-refractivity contribution is -0.153. The van der Waals surface area contributed by atoms with Gasteiger partial charge in [0.2, 0.25) is 0 Å². The van der Waals surface area contributed by atoms with Crippen LogP contribution in [0, 0.1) is 0 Å². The Hall–Kier alpha value is -2.04. The minimum atomic E-state index is -0.881. The molecule has 0 heterocycles. The quantitative estimate of drug-likeness (QED) is 0.766. The fourth-order valence-electron chi connectivity index (χ4n) is 1.35. The zero-order chi connectivity index (χ0) is 13.5. The van der Waals surface area contributed by atoms with Crippen LogP contribution in [-0.4, -0.2) is 25.1 Å². The Bertz CT molecular complexity index is 414. The number of rotatable bonds is 6. The van der Waals surface area contributed by atoms with Crippen LogP contribution in [0.2, 0.25) is 0 Å². The van der Waals surface area contributed by atoms with Crippen molar-refractivity contribution in [2.45, 2.75) is 25.9 Å². The van der Waals surface area contributed by atoms with Gasteiger partial charge in [0.15, 0.2) is 6.10 Å². The number of amides is 1. The van der Waals surface area contributed by atoms with E-state index in [1.165, 1.54) is 6.92 Å². The molecule has 5 heteroatoms. The van der Waals surface area contributed by atoms with Gasteiger partial charge in [0, 0.05) is 6.42 Å². The van der Waals surface area contributed by atoms with Crippen LogP contribution in [0.25, 0.3) is 0 Å². The first kappa shape index (κ1) is 14.0. The van der Waals surface area contributed by atoms with Gasteiger partial charge in [-0.1, -0.05) is 12.1 Å². The van der Waals surface area contributed by atoms with Gasteiger partial charge in [0.05, 0.1) is 7.11 Å². The van der Waals surface area contributed by atoms with Crippen LogP contribution in [0.3, 0.4) is 0 Å². The summed E-state index contributed by atoms with van der Waals surface area (Å²) in [5.41, 5.74) is 5.99. The van der Waals surface area contributed by atoms with Gasteiger partial charge in [-0.2, -0.15) is 0 Å². The van der Waals surface area contributed by atoms with Crippen LogP contribution in [0.4, 0.5) is 0 Å². The lowest BCUT2D eigenvalue weighted by Crippen LogP contribution is -2.30. The lowest BCUT2D eigenvalue weighted by atomic mass is 10.1. The average Bonchev–Trinajstić information content (AvgIpc) is 2.36. The summed E-state index contributed by atoms with van der Waals surface area (Å²) < 4.78 is 9.87. The third-order valence-electron chi connectivity index (χ3n) is 2.49. The molecule has 0 aromatic heterocycles. The first-order valence-electron chi connectivity index (χ1n) is 5.64. The van der Waals surface area contributed by atoms with Crippen molar-refractivity contribution in [1.29, 1.82) is 0 Å². The van der Waals surface area contributed by atoms with Crippen molar-refractivity contribution in [1.82, 2.24) is 0 Å². The molecule has 5 nitrogen and oxygen atoms in total. The van der Waals surface area contributed by atoms with Crippen molar-refractivity contribution in [2.24, 2.45) is 5.73 Å². The molecule has 1 aromatic carbocycles. The highest BCUT2D eigenvalue weighted by molar-refractivity contribution is 5.81. The first-order valence-corrected chi connectivity index (χ1v) is 5.64. The highest BCUT2D eigenvalue weighted by Crippen LogP contribution is 2.12. The molecule has 1 aromatic rings. The minimum absolute atomic E-state index is 0.212. The molecule has 0 saturated heterocycles. The maximum Gasteiger partial charge on any atom is 0.306 e. The number of nitrogens with two attached hydrogens (primary N) is 1. The standard InChI is InChI=1S/C13H17NO4/c1-9(13(14)16)18-12(15)8-5-10-3-6-11(17-2)7-4-10/h3-4,6-7,9H,5,8H2,1-2H3,(H2,14,16)/t9-/m0/s1. The van der Waals surface area contributed by atoms with Gasteiger partial charge in [0.1, 0.15) is 5.75 Å². The van der Waals surface area contributed by atoms with Crippen molar-refractivity contribution >= 4 is 11.9 Å². The molecule has 2 N–H and O–H groups in total. The Morgan fingerprint density at radius 1 is 1.28 bits per heavy atom. The molecule has 98 valence electrons. The van der Waals surface area contributed by atoms with E-state index in [2.05, 4.69) is 0 Å². The van der Waals surface area contributed by atoms with Gasteiger partial charge in [0.25, 0.3) is 5.91 Å².